The third-order valence-electron chi connectivity index (χ3n) is 5.61. The van der Waals surface area contributed by atoms with Crippen LogP contribution in [-0.4, -0.2) is 37.9 Å². The minimum absolute atomic E-state index is 0.130. The number of pyridine rings is 1. The fraction of sp³-hybridized carbons (Fsp3) is 0.292. The number of rotatable bonds is 8. The number of alkyl halides is 3. The summed E-state index contributed by atoms with van der Waals surface area (Å²) in [6, 6.07) is 4.27. The lowest BCUT2D eigenvalue weighted by Crippen LogP contribution is -2.26. The van der Waals surface area contributed by atoms with Gasteiger partial charge in [0, 0.05) is 12.7 Å². The van der Waals surface area contributed by atoms with Crippen LogP contribution in [0, 0.1) is 5.82 Å². The number of hydrogen-bond donors (Lipinski definition) is 1. The lowest BCUT2D eigenvalue weighted by molar-refractivity contribution is -0.140. The van der Waals surface area contributed by atoms with Crippen molar-refractivity contribution in [3.05, 3.63) is 75.1 Å². The number of nitrogens with zero attached hydrogens (tertiary/aromatic N) is 4. The Hall–Kier alpha value is -4.29. The number of ether oxygens (including phenoxy) is 2. The van der Waals surface area contributed by atoms with Crippen molar-refractivity contribution in [3.8, 4) is 22.9 Å². The largest absolute Gasteiger partial charge is 0.494 e. The molecule has 4 aromatic rings. The SMILES string of the molecule is COc1cnc(-c2cc3ccn(CCCC(C)Oc4cn[nH]c(=O)c4C(F)(F)F)c(=O)c3cc2F)nc1. The van der Waals surface area contributed by atoms with Gasteiger partial charge < -0.3 is 14.0 Å². The quantitative estimate of drug-likeness (QED) is 0.351. The fourth-order valence-electron chi connectivity index (χ4n) is 3.78. The normalized spacial score (nSPS) is 12.5. The van der Waals surface area contributed by atoms with Gasteiger partial charge in [0.05, 0.1) is 42.8 Å². The van der Waals surface area contributed by atoms with Crippen LogP contribution in [0.4, 0.5) is 17.6 Å². The van der Waals surface area contributed by atoms with Crippen LogP contribution in [0.15, 0.2) is 52.6 Å². The number of methoxy groups -OCH3 is 1. The molecule has 1 atom stereocenters. The van der Waals surface area contributed by atoms with Crippen molar-refractivity contribution >= 4 is 10.8 Å². The van der Waals surface area contributed by atoms with Crippen molar-refractivity contribution in [2.24, 2.45) is 0 Å². The first-order chi connectivity index (χ1) is 17.6. The Morgan fingerprint density at radius 2 is 1.86 bits per heavy atom. The van der Waals surface area contributed by atoms with Gasteiger partial charge in [0.25, 0.3) is 11.1 Å². The second-order valence-corrected chi connectivity index (χ2v) is 8.19. The molecule has 0 spiro atoms. The predicted octanol–water partition coefficient (Wildman–Crippen LogP) is 3.96. The molecule has 9 nitrogen and oxygen atoms in total. The molecule has 13 heteroatoms. The number of fused-ring (bicyclic) bond motifs is 1. The second-order valence-electron chi connectivity index (χ2n) is 8.19. The van der Waals surface area contributed by atoms with Gasteiger partial charge in [-0.3, -0.25) is 9.59 Å². The summed E-state index contributed by atoms with van der Waals surface area (Å²) in [5.41, 5.74) is -3.15. The molecule has 1 aromatic carbocycles. The first-order valence-corrected chi connectivity index (χ1v) is 11.1. The highest BCUT2D eigenvalue weighted by atomic mass is 19.4. The van der Waals surface area contributed by atoms with E-state index in [4.69, 9.17) is 9.47 Å². The zero-order valence-corrected chi connectivity index (χ0v) is 19.7. The monoisotopic (exact) mass is 519 g/mol. The maximum absolute atomic E-state index is 14.8. The van der Waals surface area contributed by atoms with E-state index in [1.807, 2.05) is 0 Å². The predicted molar refractivity (Wildman–Crippen MR) is 125 cm³/mol. The summed E-state index contributed by atoms with van der Waals surface area (Å²) in [6.45, 7) is 1.76. The van der Waals surface area contributed by atoms with E-state index in [-0.39, 0.29) is 29.7 Å². The highest BCUT2D eigenvalue weighted by Gasteiger charge is 2.38. The Morgan fingerprint density at radius 1 is 1.14 bits per heavy atom. The lowest BCUT2D eigenvalue weighted by Gasteiger charge is -2.17. The van der Waals surface area contributed by atoms with E-state index < -0.39 is 40.5 Å². The molecule has 4 rings (SSSR count). The number of halogens is 4. The number of aromatic amines is 1. The minimum atomic E-state index is -4.90. The van der Waals surface area contributed by atoms with E-state index in [0.29, 0.717) is 17.6 Å². The summed E-state index contributed by atoms with van der Waals surface area (Å²) in [5, 5.41) is 5.77. The van der Waals surface area contributed by atoms with Gasteiger partial charge in [0.2, 0.25) is 0 Å². The molecule has 0 aliphatic heterocycles. The van der Waals surface area contributed by atoms with Crippen LogP contribution >= 0.6 is 0 Å². The molecule has 0 radical (unpaired) electrons. The average Bonchev–Trinajstić information content (AvgIpc) is 2.85. The smallest absolute Gasteiger partial charge is 0.425 e. The zero-order valence-electron chi connectivity index (χ0n) is 19.7. The van der Waals surface area contributed by atoms with E-state index in [1.54, 1.807) is 24.3 Å². The number of aromatic nitrogens is 5. The van der Waals surface area contributed by atoms with Gasteiger partial charge in [0.1, 0.15) is 5.82 Å². The topological polar surface area (TPSA) is 112 Å². The van der Waals surface area contributed by atoms with Crippen LogP contribution < -0.4 is 20.6 Å². The van der Waals surface area contributed by atoms with Crippen LogP contribution in [0.2, 0.25) is 0 Å². The molecule has 1 unspecified atom stereocenters. The molecule has 1 N–H and O–H groups in total. The summed E-state index contributed by atoms with van der Waals surface area (Å²) >= 11 is 0. The van der Waals surface area contributed by atoms with Gasteiger partial charge in [-0.25, -0.2) is 19.5 Å². The highest BCUT2D eigenvalue weighted by molar-refractivity contribution is 5.85. The molecular formula is C24H21F4N5O4. The van der Waals surface area contributed by atoms with Crippen LogP contribution in [0.5, 0.6) is 11.5 Å². The van der Waals surface area contributed by atoms with Crippen LogP contribution in [0.25, 0.3) is 22.2 Å². The van der Waals surface area contributed by atoms with Crippen molar-refractivity contribution in [1.82, 2.24) is 24.7 Å². The molecule has 0 bridgehead atoms. The Kier molecular flexibility index (Phi) is 7.23. The lowest BCUT2D eigenvalue weighted by atomic mass is 10.1. The first-order valence-electron chi connectivity index (χ1n) is 11.1. The van der Waals surface area contributed by atoms with E-state index in [1.165, 1.54) is 30.1 Å². The van der Waals surface area contributed by atoms with Crippen molar-refractivity contribution in [2.75, 3.05) is 7.11 Å². The minimum Gasteiger partial charge on any atom is -0.494 e. The molecule has 0 saturated carbocycles. The number of hydrogen-bond acceptors (Lipinski definition) is 7. The number of benzene rings is 1. The van der Waals surface area contributed by atoms with E-state index in [2.05, 4.69) is 15.1 Å². The molecule has 37 heavy (non-hydrogen) atoms. The van der Waals surface area contributed by atoms with E-state index >= 15 is 0 Å². The second kappa shape index (κ2) is 10.4. The first kappa shape index (κ1) is 25.8. The average molecular weight is 519 g/mol. The van der Waals surface area contributed by atoms with Crippen LogP contribution in [0.1, 0.15) is 25.3 Å². The van der Waals surface area contributed by atoms with Gasteiger partial charge in [-0.15, -0.1) is 0 Å². The molecule has 0 aliphatic carbocycles. The van der Waals surface area contributed by atoms with Crippen LogP contribution in [-0.2, 0) is 12.7 Å². The standard InChI is InChI=1S/C24H21F4N5O4/c1-13(37-19-12-31-32-22(34)20(19)24(26,27)28)4-3-6-33-7-5-14-8-17(18(25)9-16(14)23(33)35)21-29-10-15(36-2)11-30-21/h5,7-13H,3-4,6H2,1-2H3,(H,32,34). The van der Waals surface area contributed by atoms with Gasteiger partial charge in [-0.1, -0.05) is 0 Å². The van der Waals surface area contributed by atoms with Crippen molar-refractivity contribution in [1.29, 1.82) is 0 Å². The Balaban J connectivity index is 1.47. The summed E-state index contributed by atoms with van der Waals surface area (Å²) in [7, 11) is 1.46. The molecule has 0 aliphatic rings. The van der Waals surface area contributed by atoms with Crippen LogP contribution in [0.3, 0.4) is 0 Å². The summed E-state index contributed by atoms with van der Waals surface area (Å²) in [6.07, 6.45) is 0.199. The Bertz CT molecular complexity index is 1530. The van der Waals surface area contributed by atoms with E-state index in [0.717, 1.165) is 12.3 Å². The Morgan fingerprint density at radius 3 is 2.54 bits per heavy atom. The maximum atomic E-state index is 14.8. The summed E-state index contributed by atoms with van der Waals surface area (Å²) in [4.78, 5) is 32.6. The number of aryl methyl sites for hydroxylation is 1. The van der Waals surface area contributed by atoms with Crippen molar-refractivity contribution in [3.63, 3.8) is 0 Å². The molecule has 0 fully saturated rings. The number of H-pyrrole nitrogens is 1. The maximum Gasteiger partial charge on any atom is 0.425 e. The van der Waals surface area contributed by atoms with Crippen molar-refractivity contribution < 1.29 is 27.0 Å². The van der Waals surface area contributed by atoms with Gasteiger partial charge in [0.15, 0.2) is 22.9 Å². The molecule has 0 amide bonds. The Labute approximate surface area is 206 Å². The molecule has 3 aromatic heterocycles. The third-order valence-corrected chi connectivity index (χ3v) is 5.61. The summed E-state index contributed by atoms with van der Waals surface area (Å²) < 4.78 is 66.1. The van der Waals surface area contributed by atoms with Crippen molar-refractivity contribution in [2.45, 2.75) is 38.6 Å². The highest BCUT2D eigenvalue weighted by Crippen LogP contribution is 2.33. The van der Waals surface area contributed by atoms with E-state index in [9.17, 15) is 27.2 Å². The fourth-order valence-corrected chi connectivity index (χ4v) is 3.78. The molecule has 194 valence electrons. The third kappa shape index (κ3) is 5.60. The molecular weight excluding hydrogens is 498 g/mol. The van der Waals surface area contributed by atoms with Gasteiger partial charge >= 0.3 is 6.18 Å². The zero-order chi connectivity index (χ0) is 26.7. The van der Waals surface area contributed by atoms with Gasteiger partial charge in [-0.2, -0.15) is 18.3 Å². The molecule has 3 heterocycles. The molecule has 0 saturated heterocycles. The summed E-state index contributed by atoms with van der Waals surface area (Å²) in [5.74, 6) is -0.773. The van der Waals surface area contributed by atoms with Gasteiger partial charge in [-0.05, 0) is 43.4 Å². The number of nitrogens with one attached hydrogen (secondary N) is 1.